The Bertz CT molecular complexity index is 545. The fourth-order valence-electron chi connectivity index (χ4n) is 1.76. The van der Waals surface area contributed by atoms with Gasteiger partial charge in [0.2, 0.25) is 0 Å². The van der Waals surface area contributed by atoms with Crippen LogP contribution in [0.15, 0.2) is 28.7 Å². The summed E-state index contributed by atoms with van der Waals surface area (Å²) in [4.78, 5) is 2.39. The number of alkyl halides is 1. The molecule has 1 aromatic carbocycles. The van der Waals surface area contributed by atoms with E-state index in [0.717, 1.165) is 26.2 Å². The van der Waals surface area contributed by atoms with Crippen molar-refractivity contribution in [1.82, 2.24) is 0 Å². The van der Waals surface area contributed by atoms with Crippen molar-refractivity contribution in [3.8, 4) is 5.75 Å². The van der Waals surface area contributed by atoms with Crippen LogP contribution in [0.25, 0.3) is 0 Å². The summed E-state index contributed by atoms with van der Waals surface area (Å²) in [5.41, 5.74) is 2.18. The topological polar surface area (TPSA) is 9.23 Å². The molecule has 0 N–H and O–H groups in total. The Hall–Kier alpha value is -0.510. The van der Waals surface area contributed by atoms with Crippen molar-refractivity contribution < 1.29 is 4.74 Å². The number of aryl methyl sites for hydroxylation is 2. The van der Waals surface area contributed by atoms with Crippen LogP contribution in [0.1, 0.15) is 26.3 Å². The van der Waals surface area contributed by atoms with E-state index < -0.39 is 0 Å². The van der Waals surface area contributed by atoms with Crippen LogP contribution >= 0.6 is 38.9 Å². The normalized spacial score (nSPS) is 12.5. The van der Waals surface area contributed by atoms with Gasteiger partial charge in [0.05, 0.1) is 12.5 Å². The van der Waals surface area contributed by atoms with Crippen LogP contribution in [0, 0.1) is 13.8 Å². The first-order valence-corrected chi connectivity index (χ1v) is 7.62. The van der Waals surface area contributed by atoms with E-state index >= 15 is 0 Å². The highest BCUT2D eigenvalue weighted by molar-refractivity contribution is 9.10. The fraction of sp³-hybridized carbons (Fsp3) is 0.286. The van der Waals surface area contributed by atoms with Crippen LogP contribution in [-0.2, 0) is 0 Å². The standard InChI is InChI=1S/C14H14BrClOS/c1-8-4-5-10(6-12(8)17-3)14(16)13-7-11(15)9(2)18-13/h4-7,14H,1-3H3. The van der Waals surface area contributed by atoms with Gasteiger partial charge in [-0.25, -0.2) is 0 Å². The van der Waals surface area contributed by atoms with Crippen LogP contribution in [0.2, 0.25) is 0 Å². The number of ether oxygens (including phenoxy) is 1. The van der Waals surface area contributed by atoms with Crippen molar-refractivity contribution in [2.75, 3.05) is 7.11 Å². The van der Waals surface area contributed by atoms with E-state index in [2.05, 4.69) is 35.0 Å². The zero-order chi connectivity index (χ0) is 13.3. The Morgan fingerprint density at radius 1 is 1.28 bits per heavy atom. The Labute approximate surface area is 125 Å². The Balaban J connectivity index is 2.36. The van der Waals surface area contributed by atoms with Crippen LogP contribution in [0.5, 0.6) is 5.75 Å². The van der Waals surface area contributed by atoms with Crippen molar-refractivity contribution in [3.05, 3.63) is 49.6 Å². The monoisotopic (exact) mass is 344 g/mol. The Kier molecular flexibility index (Phi) is 4.36. The maximum atomic E-state index is 6.53. The van der Waals surface area contributed by atoms with Gasteiger partial charge in [0.15, 0.2) is 0 Å². The van der Waals surface area contributed by atoms with Gasteiger partial charge in [-0.2, -0.15) is 0 Å². The molecule has 1 nitrogen and oxygen atoms in total. The number of thiophene rings is 1. The molecule has 4 heteroatoms. The fourth-order valence-corrected chi connectivity index (χ4v) is 3.66. The first-order valence-electron chi connectivity index (χ1n) is 5.57. The number of hydrogen-bond donors (Lipinski definition) is 0. The lowest BCUT2D eigenvalue weighted by Crippen LogP contribution is -1.93. The van der Waals surface area contributed by atoms with Crippen molar-refractivity contribution in [1.29, 1.82) is 0 Å². The van der Waals surface area contributed by atoms with Gasteiger partial charge in [-0.15, -0.1) is 22.9 Å². The molecule has 1 heterocycles. The van der Waals surface area contributed by atoms with Gasteiger partial charge in [-0.05, 0) is 53.0 Å². The predicted octanol–water partition coefficient (Wildman–Crippen LogP) is 5.46. The van der Waals surface area contributed by atoms with Crippen molar-refractivity contribution in [3.63, 3.8) is 0 Å². The van der Waals surface area contributed by atoms with E-state index in [0.29, 0.717) is 0 Å². The highest BCUT2D eigenvalue weighted by atomic mass is 79.9. The van der Waals surface area contributed by atoms with Gasteiger partial charge in [0, 0.05) is 14.2 Å². The van der Waals surface area contributed by atoms with Crippen LogP contribution in [0.4, 0.5) is 0 Å². The van der Waals surface area contributed by atoms with Crippen LogP contribution in [-0.4, -0.2) is 7.11 Å². The third kappa shape index (κ3) is 2.73. The van der Waals surface area contributed by atoms with E-state index in [4.69, 9.17) is 16.3 Å². The molecular weight excluding hydrogens is 332 g/mol. The largest absolute Gasteiger partial charge is 0.496 e. The highest BCUT2D eigenvalue weighted by Crippen LogP contribution is 2.38. The summed E-state index contributed by atoms with van der Waals surface area (Å²) in [6, 6.07) is 8.19. The number of halogens is 2. The first kappa shape index (κ1) is 13.9. The molecule has 0 saturated carbocycles. The minimum atomic E-state index is -0.130. The Morgan fingerprint density at radius 3 is 2.56 bits per heavy atom. The lowest BCUT2D eigenvalue weighted by molar-refractivity contribution is 0.411. The molecule has 0 fully saturated rings. The summed E-state index contributed by atoms with van der Waals surface area (Å²) in [5.74, 6) is 0.880. The Morgan fingerprint density at radius 2 is 2.00 bits per heavy atom. The first-order chi connectivity index (χ1) is 8.52. The molecule has 0 aliphatic rings. The maximum Gasteiger partial charge on any atom is 0.122 e. The number of hydrogen-bond acceptors (Lipinski definition) is 2. The molecule has 0 bridgehead atoms. The number of methoxy groups -OCH3 is 1. The van der Waals surface area contributed by atoms with Gasteiger partial charge in [0.25, 0.3) is 0 Å². The van der Waals surface area contributed by atoms with Crippen LogP contribution in [0.3, 0.4) is 0 Å². The van der Waals surface area contributed by atoms with Gasteiger partial charge in [-0.1, -0.05) is 12.1 Å². The predicted molar refractivity (Wildman–Crippen MR) is 82.2 cm³/mol. The van der Waals surface area contributed by atoms with Gasteiger partial charge < -0.3 is 4.74 Å². The maximum absolute atomic E-state index is 6.53. The van der Waals surface area contributed by atoms with E-state index in [9.17, 15) is 0 Å². The molecule has 0 spiro atoms. The zero-order valence-electron chi connectivity index (χ0n) is 10.5. The van der Waals surface area contributed by atoms with E-state index in [1.807, 2.05) is 19.1 Å². The average molecular weight is 346 g/mol. The quantitative estimate of drug-likeness (QED) is 0.671. The molecular formula is C14H14BrClOS. The molecule has 0 aliphatic carbocycles. The molecule has 96 valence electrons. The summed E-state index contributed by atoms with van der Waals surface area (Å²) in [5, 5.41) is -0.130. The summed E-state index contributed by atoms with van der Waals surface area (Å²) in [7, 11) is 1.68. The molecule has 18 heavy (non-hydrogen) atoms. The van der Waals surface area contributed by atoms with Gasteiger partial charge >= 0.3 is 0 Å². The molecule has 0 aliphatic heterocycles. The third-order valence-corrected chi connectivity index (χ3v) is 5.67. The lowest BCUT2D eigenvalue weighted by atomic mass is 10.1. The van der Waals surface area contributed by atoms with E-state index in [1.54, 1.807) is 18.4 Å². The molecule has 1 aromatic heterocycles. The summed E-state index contributed by atoms with van der Waals surface area (Å²) in [6.07, 6.45) is 0. The number of benzene rings is 1. The molecule has 0 saturated heterocycles. The minimum absolute atomic E-state index is 0.130. The van der Waals surface area contributed by atoms with Gasteiger partial charge in [0.1, 0.15) is 5.75 Å². The molecule has 1 unspecified atom stereocenters. The van der Waals surface area contributed by atoms with E-state index in [-0.39, 0.29) is 5.38 Å². The SMILES string of the molecule is COc1cc(C(Cl)c2cc(Br)c(C)s2)ccc1C. The van der Waals surface area contributed by atoms with E-state index in [1.165, 1.54) is 4.88 Å². The molecule has 2 rings (SSSR count). The van der Waals surface area contributed by atoms with Gasteiger partial charge in [-0.3, -0.25) is 0 Å². The summed E-state index contributed by atoms with van der Waals surface area (Å²) >= 11 is 11.8. The zero-order valence-corrected chi connectivity index (χ0v) is 13.6. The number of rotatable bonds is 3. The van der Waals surface area contributed by atoms with Crippen molar-refractivity contribution in [2.45, 2.75) is 19.2 Å². The molecule has 1 atom stereocenters. The smallest absolute Gasteiger partial charge is 0.122 e. The summed E-state index contributed by atoms with van der Waals surface area (Å²) < 4.78 is 6.45. The second-order valence-corrected chi connectivity index (χ2v) is 6.72. The van der Waals surface area contributed by atoms with Crippen molar-refractivity contribution >= 4 is 38.9 Å². The second kappa shape index (κ2) is 5.64. The average Bonchev–Trinajstić information content (AvgIpc) is 2.69. The van der Waals surface area contributed by atoms with Crippen LogP contribution < -0.4 is 4.74 Å². The molecule has 0 amide bonds. The minimum Gasteiger partial charge on any atom is -0.496 e. The highest BCUT2D eigenvalue weighted by Gasteiger charge is 2.16. The molecule has 0 radical (unpaired) electrons. The second-order valence-electron chi connectivity index (χ2n) is 4.14. The lowest BCUT2D eigenvalue weighted by Gasteiger charge is -2.11. The third-order valence-electron chi connectivity index (χ3n) is 2.85. The van der Waals surface area contributed by atoms with Crippen molar-refractivity contribution in [2.24, 2.45) is 0 Å². The molecule has 2 aromatic rings. The summed E-state index contributed by atoms with van der Waals surface area (Å²) in [6.45, 7) is 4.11.